The number of nitrogens with zero attached hydrogens (tertiary/aromatic N) is 1. The number of carbonyl (C=O) groups excluding carboxylic acids is 1. The molecule has 6 heteroatoms. The molecule has 0 bridgehead atoms. The van der Waals surface area contributed by atoms with Crippen molar-refractivity contribution in [3.8, 4) is 0 Å². The number of amides is 1. The van der Waals surface area contributed by atoms with Crippen LogP contribution in [0.2, 0.25) is 0 Å². The van der Waals surface area contributed by atoms with Gasteiger partial charge in [0.2, 0.25) is 5.91 Å². The summed E-state index contributed by atoms with van der Waals surface area (Å²) in [6.07, 6.45) is 2.50. The summed E-state index contributed by atoms with van der Waals surface area (Å²) in [5, 5.41) is 0. The van der Waals surface area contributed by atoms with Gasteiger partial charge in [0.05, 0.1) is 16.9 Å². The maximum atomic E-state index is 12.3. The van der Waals surface area contributed by atoms with Gasteiger partial charge in [-0.3, -0.25) is 4.79 Å². The first-order chi connectivity index (χ1) is 11.5. The SMILES string of the molecule is Cc1ccc(S(=O)(=O)CCC(=O)N2CCC(c3ccco3)C2)cc1. The van der Waals surface area contributed by atoms with Crippen molar-refractivity contribution in [3.05, 3.63) is 54.0 Å². The second-order valence-corrected chi connectivity index (χ2v) is 8.33. The Bertz CT molecular complexity index is 794. The van der Waals surface area contributed by atoms with E-state index in [4.69, 9.17) is 4.42 Å². The minimum Gasteiger partial charge on any atom is -0.469 e. The quantitative estimate of drug-likeness (QED) is 0.834. The number of carbonyl (C=O) groups is 1. The van der Waals surface area contributed by atoms with Gasteiger partial charge in [-0.2, -0.15) is 0 Å². The molecule has 0 saturated carbocycles. The second kappa shape index (κ2) is 6.81. The van der Waals surface area contributed by atoms with Gasteiger partial charge in [-0.05, 0) is 37.6 Å². The fraction of sp³-hybridized carbons (Fsp3) is 0.389. The van der Waals surface area contributed by atoms with E-state index in [1.807, 2.05) is 19.1 Å². The van der Waals surface area contributed by atoms with Crippen molar-refractivity contribution >= 4 is 15.7 Å². The Morgan fingerprint density at radius 2 is 2.00 bits per heavy atom. The van der Waals surface area contributed by atoms with E-state index < -0.39 is 9.84 Å². The number of aryl methyl sites for hydroxylation is 1. The molecule has 1 amide bonds. The average Bonchev–Trinajstić information content (AvgIpc) is 3.24. The van der Waals surface area contributed by atoms with Crippen molar-refractivity contribution in [2.75, 3.05) is 18.8 Å². The molecule has 1 atom stereocenters. The van der Waals surface area contributed by atoms with Crippen LogP contribution < -0.4 is 0 Å². The van der Waals surface area contributed by atoms with Crippen LogP contribution in [0.3, 0.4) is 0 Å². The van der Waals surface area contributed by atoms with Gasteiger partial charge in [0, 0.05) is 25.4 Å². The first-order valence-corrected chi connectivity index (χ1v) is 9.71. The zero-order chi connectivity index (χ0) is 17.2. The summed E-state index contributed by atoms with van der Waals surface area (Å²) in [6.45, 7) is 3.15. The summed E-state index contributed by atoms with van der Waals surface area (Å²) in [6, 6.07) is 10.5. The number of rotatable bonds is 5. The molecule has 1 saturated heterocycles. The lowest BCUT2D eigenvalue weighted by atomic mass is 10.1. The van der Waals surface area contributed by atoms with Crippen molar-refractivity contribution in [2.45, 2.75) is 30.6 Å². The van der Waals surface area contributed by atoms with Crippen LogP contribution in [0.5, 0.6) is 0 Å². The molecule has 1 aliphatic rings. The molecule has 128 valence electrons. The Morgan fingerprint density at radius 1 is 1.25 bits per heavy atom. The fourth-order valence-corrected chi connectivity index (χ4v) is 4.22. The molecule has 3 rings (SSSR count). The number of benzene rings is 1. The van der Waals surface area contributed by atoms with Crippen LogP contribution in [0.15, 0.2) is 52.0 Å². The van der Waals surface area contributed by atoms with Gasteiger partial charge < -0.3 is 9.32 Å². The van der Waals surface area contributed by atoms with Gasteiger partial charge in [0.15, 0.2) is 9.84 Å². The second-order valence-electron chi connectivity index (χ2n) is 6.22. The fourth-order valence-electron chi connectivity index (χ4n) is 2.99. The lowest BCUT2D eigenvalue weighted by Crippen LogP contribution is -2.30. The Labute approximate surface area is 142 Å². The molecule has 1 aliphatic heterocycles. The zero-order valence-electron chi connectivity index (χ0n) is 13.6. The average molecular weight is 347 g/mol. The van der Waals surface area contributed by atoms with Crippen molar-refractivity contribution in [1.29, 1.82) is 0 Å². The third-order valence-electron chi connectivity index (χ3n) is 4.45. The minimum atomic E-state index is -3.42. The molecule has 0 aliphatic carbocycles. The summed E-state index contributed by atoms with van der Waals surface area (Å²) >= 11 is 0. The summed E-state index contributed by atoms with van der Waals surface area (Å²) in [4.78, 5) is 14.3. The Morgan fingerprint density at radius 3 is 2.67 bits per heavy atom. The monoisotopic (exact) mass is 347 g/mol. The van der Waals surface area contributed by atoms with Crippen LogP contribution in [-0.2, 0) is 14.6 Å². The van der Waals surface area contributed by atoms with E-state index in [2.05, 4.69) is 0 Å². The number of likely N-dealkylation sites (tertiary alicyclic amines) is 1. The predicted octanol–water partition coefficient (Wildman–Crippen LogP) is 2.77. The van der Waals surface area contributed by atoms with E-state index in [0.29, 0.717) is 13.1 Å². The van der Waals surface area contributed by atoms with E-state index in [-0.39, 0.29) is 28.9 Å². The molecular formula is C18H21NO4S. The first kappa shape index (κ1) is 16.8. The lowest BCUT2D eigenvalue weighted by molar-refractivity contribution is -0.129. The Hall–Kier alpha value is -2.08. The number of sulfone groups is 1. The van der Waals surface area contributed by atoms with Crippen LogP contribution in [0.4, 0.5) is 0 Å². The molecule has 1 aromatic carbocycles. The topological polar surface area (TPSA) is 67.6 Å². The summed E-state index contributed by atoms with van der Waals surface area (Å²) in [7, 11) is -3.42. The van der Waals surface area contributed by atoms with Crippen LogP contribution in [0, 0.1) is 6.92 Å². The molecule has 2 heterocycles. The minimum absolute atomic E-state index is 0.0150. The largest absolute Gasteiger partial charge is 0.469 e. The third kappa shape index (κ3) is 3.70. The standard InChI is InChI=1S/C18H21NO4S/c1-14-4-6-16(7-5-14)24(21,22)12-9-18(20)19-10-8-15(13-19)17-3-2-11-23-17/h2-7,11,15H,8-10,12-13H2,1H3. The lowest BCUT2D eigenvalue weighted by Gasteiger charge is -2.16. The molecule has 0 radical (unpaired) electrons. The normalized spacial score (nSPS) is 18.0. The summed E-state index contributed by atoms with van der Waals surface area (Å²) < 4.78 is 30.0. The van der Waals surface area contributed by atoms with Gasteiger partial charge in [0.1, 0.15) is 5.76 Å². The van der Waals surface area contributed by atoms with Gasteiger partial charge in [-0.15, -0.1) is 0 Å². The molecule has 1 fully saturated rings. The third-order valence-corrected chi connectivity index (χ3v) is 6.18. The maximum Gasteiger partial charge on any atom is 0.223 e. The van der Waals surface area contributed by atoms with Gasteiger partial charge in [-0.25, -0.2) is 8.42 Å². The summed E-state index contributed by atoms with van der Waals surface area (Å²) in [5.74, 6) is 0.826. The predicted molar refractivity (Wildman–Crippen MR) is 90.5 cm³/mol. The van der Waals surface area contributed by atoms with Crippen LogP contribution in [-0.4, -0.2) is 38.1 Å². The van der Waals surface area contributed by atoms with E-state index in [0.717, 1.165) is 17.7 Å². The highest BCUT2D eigenvalue weighted by atomic mass is 32.2. The van der Waals surface area contributed by atoms with Crippen LogP contribution in [0.1, 0.15) is 30.1 Å². The molecule has 1 unspecified atom stereocenters. The molecular weight excluding hydrogens is 326 g/mol. The van der Waals surface area contributed by atoms with Crippen molar-refractivity contribution in [2.24, 2.45) is 0 Å². The van der Waals surface area contributed by atoms with Gasteiger partial charge >= 0.3 is 0 Å². The highest BCUT2D eigenvalue weighted by Crippen LogP contribution is 2.27. The Balaban J connectivity index is 1.57. The van der Waals surface area contributed by atoms with Crippen molar-refractivity contribution in [1.82, 2.24) is 4.90 Å². The maximum absolute atomic E-state index is 12.3. The van der Waals surface area contributed by atoms with Crippen LogP contribution >= 0.6 is 0 Å². The molecule has 24 heavy (non-hydrogen) atoms. The van der Waals surface area contributed by atoms with Gasteiger partial charge in [0.25, 0.3) is 0 Å². The molecule has 0 spiro atoms. The zero-order valence-corrected chi connectivity index (χ0v) is 14.5. The molecule has 1 aromatic heterocycles. The van der Waals surface area contributed by atoms with E-state index in [1.54, 1.807) is 35.4 Å². The molecule has 5 nitrogen and oxygen atoms in total. The highest BCUT2D eigenvalue weighted by Gasteiger charge is 2.29. The Kier molecular flexibility index (Phi) is 4.76. The first-order valence-electron chi connectivity index (χ1n) is 8.06. The number of furan rings is 1. The van der Waals surface area contributed by atoms with Crippen LogP contribution in [0.25, 0.3) is 0 Å². The number of hydrogen-bond acceptors (Lipinski definition) is 4. The summed E-state index contributed by atoms with van der Waals surface area (Å²) in [5.41, 5.74) is 1.01. The van der Waals surface area contributed by atoms with E-state index in [9.17, 15) is 13.2 Å². The van der Waals surface area contributed by atoms with E-state index in [1.165, 1.54) is 0 Å². The smallest absolute Gasteiger partial charge is 0.223 e. The highest BCUT2D eigenvalue weighted by molar-refractivity contribution is 7.91. The van der Waals surface area contributed by atoms with E-state index >= 15 is 0 Å². The molecule has 2 aromatic rings. The van der Waals surface area contributed by atoms with Crippen molar-refractivity contribution < 1.29 is 17.6 Å². The van der Waals surface area contributed by atoms with Crippen molar-refractivity contribution in [3.63, 3.8) is 0 Å². The molecule has 0 N–H and O–H groups in total. The van der Waals surface area contributed by atoms with Gasteiger partial charge in [-0.1, -0.05) is 17.7 Å². The number of hydrogen-bond donors (Lipinski definition) is 0.